The van der Waals surface area contributed by atoms with Gasteiger partial charge in [0, 0.05) is 11.1 Å². The number of benzene rings is 1. The fraction of sp³-hybridized carbons (Fsp3) is 0.474. The molecule has 0 bridgehead atoms. The van der Waals surface area contributed by atoms with Gasteiger partial charge in [0.25, 0.3) is 5.91 Å². The molecule has 9 nitrogen and oxygen atoms in total. The van der Waals surface area contributed by atoms with Gasteiger partial charge < -0.3 is 19.5 Å². The molecule has 0 saturated carbocycles. The summed E-state index contributed by atoms with van der Waals surface area (Å²) in [7, 11) is 1.40. The van der Waals surface area contributed by atoms with Gasteiger partial charge in [-0.1, -0.05) is 0 Å². The van der Waals surface area contributed by atoms with E-state index in [4.69, 9.17) is 14.2 Å². The number of amides is 3. The molecule has 2 N–H and O–H groups in total. The summed E-state index contributed by atoms with van der Waals surface area (Å²) in [5, 5.41) is 4.65. The number of nitrogens with one attached hydrogen (secondary N) is 2. The SMILES string of the molecule is COc1cc(C(C)=O)ccc1OCC(=O)O[C@@H](C)C(=O)NC(=O)NC(C)(C)C. The van der Waals surface area contributed by atoms with E-state index in [0.717, 1.165) is 0 Å². The van der Waals surface area contributed by atoms with Crippen LogP contribution in [0.2, 0.25) is 0 Å². The summed E-state index contributed by atoms with van der Waals surface area (Å²) >= 11 is 0. The Hall–Kier alpha value is -3.10. The van der Waals surface area contributed by atoms with E-state index in [0.29, 0.717) is 5.56 Å². The maximum atomic E-state index is 11.9. The lowest BCUT2D eigenvalue weighted by Crippen LogP contribution is -2.50. The summed E-state index contributed by atoms with van der Waals surface area (Å²) in [5.41, 5.74) is -0.0830. The Morgan fingerprint density at radius 2 is 1.75 bits per heavy atom. The van der Waals surface area contributed by atoms with Crippen LogP contribution >= 0.6 is 0 Å². The Kier molecular flexibility index (Phi) is 7.97. The van der Waals surface area contributed by atoms with Crippen LogP contribution in [0.15, 0.2) is 18.2 Å². The van der Waals surface area contributed by atoms with Crippen molar-refractivity contribution in [2.24, 2.45) is 0 Å². The average molecular weight is 394 g/mol. The lowest BCUT2D eigenvalue weighted by molar-refractivity contribution is -0.156. The number of imide groups is 1. The molecule has 3 amide bonds. The lowest BCUT2D eigenvalue weighted by Gasteiger charge is -2.21. The molecule has 0 aromatic heterocycles. The van der Waals surface area contributed by atoms with Gasteiger partial charge >= 0.3 is 12.0 Å². The number of hydrogen-bond donors (Lipinski definition) is 2. The van der Waals surface area contributed by atoms with E-state index in [2.05, 4.69) is 10.6 Å². The molecule has 1 aromatic carbocycles. The Balaban J connectivity index is 2.57. The van der Waals surface area contributed by atoms with Crippen molar-refractivity contribution in [2.45, 2.75) is 46.3 Å². The highest BCUT2D eigenvalue weighted by molar-refractivity contribution is 5.97. The monoisotopic (exact) mass is 394 g/mol. The fourth-order valence-corrected chi connectivity index (χ4v) is 2.01. The van der Waals surface area contributed by atoms with Crippen molar-refractivity contribution in [2.75, 3.05) is 13.7 Å². The molecule has 1 atom stereocenters. The van der Waals surface area contributed by atoms with Crippen LogP contribution in [0.1, 0.15) is 45.0 Å². The molecule has 0 unspecified atom stereocenters. The number of carbonyl (C=O) groups is 4. The van der Waals surface area contributed by atoms with E-state index in [1.54, 1.807) is 20.8 Å². The summed E-state index contributed by atoms with van der Waals surface area (Å²) in [6.07, 6.45) is -1.19. The topological polar surface area (TPSA) is 120 Å². The standard InChI is InChI=1S/C19H26N2O7/c1-11(22)13-7-8-14(15(9-13)26-6)27-10-16(23)28-12(2)17(24)20-18(25)21-19(3,4)5/h7-9,12H,10H2,1-6H3,(H2,20,21,24,25)/t12-/m0/s1. The number of rotatable bonds is 7. The van der Waals surface area contributed by atoms with Crippen LogP contribution in [0.3, 0.4) is 0 Å². The van der Waals surface area contributed by atoms with Crippen molar-refractivity contribution in [1.82, 2.24) is 10.6 Å². The third-order valence-electron chi connectivity index (χ3n) is 3.32. The number of hydrogen-bond acceptors (Lipinski definition) is 7. The molecule has 28 heavy (non-hydrogen) atoms. The van der Waals surface area contributed by atoms with Gasteiger partial charge in [-0.2, -0.15) is 0 Å². The number of Topliss-reactive ketones (excluding diaryl/α,β-unsaturated/α-hetero) is 1. The second-order valence-corrected chi connectivity index (χ2v) is 7.04. The summed E-state index contributed by atoms with van der Waals surface area (Å²) < 4.78 is 15.4. The van der Waals surface area contributed by atoms with Crippen molar-refractivity contribution < 1.29 is 33.4 Å². The van der Waals surface area contributed by atoms with Gasteiger partial charge in [-0.3, -0.25) is 14.9 Å². The quantitative estimate of drug-likeness (QED) is 0.535. The van der Waals surface area contributed by atoms with E-state index >= 15 is 0 Å². The number of ether oxygens (including phenoxy) is 3. The third kappa shape index (κ3) is 7.65. The molecule has 0 radical (unpaired) electrons. The summed E-state index contributed by atoms with van der Waals surface area (Å²) in [5.74, 6) is -1.19. The molecule has 154 valence electrons. The van der Waals surface area contributed by atoms with Crippen molar-refractivity contribution in [1.29, 1.82) is 0 Å². The number of carbonyl (C=O) groups excluding carboxylic acids is 4. The van der Waals surface area contributed by atoms with E-state index in [1.807, 2.05) is 0 Å². The Morgan fingerprint density at radius 3 is 2.29 bits per heavy atom. The van der Waals surface area contributed by atoms with Crippen LogP contribution < -0.4 is 20.1 Å². The number of methoxy groups -OCH3 is 1. The second-order valence-electron chi connectivity index (χ2n) is 7.04. The zero-order valence-electron chi connectivity index (χ0n) is 16.9. The first kappa shape index (κ1) is 22.9. The molecular weight excluding hydrogens is 368 g/mol. The van der Waals surface area contributed by atoms with Crippen LogP contribution in [0.5, 0.6) is 11.5 Å². The zero-order chi connectivity index (χ0) is 21.5. The zero-order valence-corrected chi connectivity index (χ0v) is 16.9. The molecule has 9 heteroatoms. The predicted molar refractivity (Wildman–Crippen MR) is 100 cm³/mol. The largest absolute Gasteiger partial charge is 0.493 e. The van der Waals surface area contributed by atoms with E-state index in [1.165, 1.54) is 39.2 Å². The summed E-state index contributed by atoms with van der Waals surface area (Å²) in [4.78, 5) is 46.9. The normalized spacial score (nSPS) is 11.8. The molecule has 0 aliphatic heterocycles. The number of esters is 1. The molecule has 0 aliphatic rings. The van der Waals surface area contributed by atoms with Crippen molar-refractivity contribution in [3.8, 4) is 11.5 Å². The van der Waals surface area contributed by atoms with Crippen molar-refractivity contribution in [3.05, 3.63) is 23.8 Å². The van der Waals surface area contributed by atoms with Crippen LogP contribution in [-0.4, -0.2) is 49.1 Å². The van der Waals surface area contributed by atoms with Crippen LogP contribution in [-0.2, 0) is 14.3 Å². The minimum atomic E-state index is -1.19. The van der Waals surface area contributed by atoms with Crippen molar-refractivity contribution >= 4 is 23.7 Å². The minimum absolute atomic E-state index is 0.139. The Morgan fingerprint density at radius 1 is 1.11 bits per heavy atom. The molecule has 0 spiro atoms. The summed E-state index contributed by atoms with van der Waals surface area (Å²) in [6, 6.07) is 3.84. The first-order chi connectivity index (χ1) is 12.9. The third-order valence-corrected chi connectivity index (χ3v) is 3.32. The van der Waals surface area contributed by atoms with Crippen LogP contribution in [0.4, 0.5) is 4.79 Å². The molecule has 1 aromatic rings. The van der Waals surface area contributed by atoms with Crippen LogP contribution in [0.25, 0.3) is 0 Å². The number of ketones is 1. The van der Waals surface area contributed by atoms with E-state index in [-0.39, 0.29) is 17.3 Å². The molecule has 0 fully saturated rings. The maximum absolute atomic E-state index is 11.9. The minimum Gasteiger partial charge on any atom is -0.493 e. The maximum Gasteiger partial charge on any atom is 0.344 e. The molecule has 0 saturated heterocycles. The first-order valence-corrected chi connectivity index (χ1v) is 8.57. The second kappa shape index (κ2) is 9.72. The van der Waals surface area contributed by atoms with Gasteiger partial charge in [-0.15, -0.1) is 0 Å². The van der Waals surface area contributed by atoms with E-state index in [9.17, 15) is 19.2 Å². The molecule has 0 aliphatic carbocycles. The van der Waals surface area contributed by atoms with Crippen molar-refractivity contribution in [3.63, 3.8) is 0 Å². The highest BCUT2D eigenvalue weighted by Crippen LogP contribution is 2.28. The van der Waals surface area contributed by atoms with Gasteiger partial charge in [0.1, 0.15) is 0 Å². The van der Waals surface area contributed by atoms with Gasteiger partial charge in [0.05, 0.1) is 7.11 Å². The molecular formula is C19H26N2O7. The van der Waals surface area contributed by atoms with Gasteiger partial charge in [0.15, 0.2) is 30.0 Å². The predicted octanol–water partition coefficient (Wildman–Crippen LogP) is 1.83. The number of urea groups is 1. The summed E-state index contributed by atoms with van der Waals surface area (Å²) in [6.45, 7) is 7.54. The average Bonchev–Trinajstić information content (AvgIpc) is 2.57. The van der Waals surface area contributed by atoms with E-state index < -0.39 is 36.2 Å². The molecule has 1 rings (SSSR count). The van der Waals surface area contributed by atoms with Gasteiger partial charge in [-0.05, 0) is 52.8 Å². The Labute approximate surface area is 163 Å². The highest BCUT2D eigenvalue weighted by Gasteiger charge is 2.22. The van der Waals surface area contributed by atoms with Gasteiger partial charge in [-0.25, -0.2) is 9.59 Å². The lowest BCUT2D eigenvalue weighted by atomic mass is 10.1. The van der Waals surface area contributed by atoms with Crippen LogP contribution in [0, 0.1) is 0 Å². The highest BCUT2D eigenvalue weighted by atomic mass is 16.6. The fourth-order valence-electron chi connectivity index (χ4n) is 2.01. The first-order valence-electron chi connectivity index (χ1n) is 8.57. The molecule has 0 heterocycles. The van der Waals surface area contributed by atoms with Gasteiger partial charge in [0.2, 0.25) is 0 Å². The smallest absolute Gasteiger partial charge is 0.344 e. The Bertz CT molecular complexity index is 753.